The number of carboxylic acids is 1. The van der Waals surface area contributed by atoms with Crippen LogP contribution >= 0.6 is 0 Å². The normalized spacial score (nSPS) is 18.1. The fourth-order valence-corrected chi connectivity index (χ4v) is 1.67. The molecule has 0 atom stereocenters. The number of aromatic carboxylic acids is 1. The van der Waals surface area contributed by atoms with E-state index in [1.807, 2.05) is 0 Å². The number of hydrogen-bond donors (Lipinski definition) is 2. The number of imide groups is 1. The summed E-state index contributed by atoms with van der Waals surface area (Å²) in [5, 5.41) is 11.0. The molecule has 100 valence electrons. The molecule has 8 heteroatoms. The number of carboxylic acid groups (broad SMARTS) is 1. The quantitative estimate of drug-likeness (QED) is 0.687. The lowest BCUT2D eigenvalue weighted by Crippen LogP contribution is -2.64. The van der Waals surface area contributed by atoms with Gasteiger partial charge in [-0.15, -0.1) is 0 Å². The number of hydrogen-bond acceptors (Lipinski definition) is 6. The molecule has 0 aromatic carbocycles. The predicted molar refractivity (Wildman–Crippen MR) is 63.6 cm³/mol. The number of anilines is 1. The van der Waals surface area contributed by atoms with Gasteiger partial charge < -0.3 is 10.0 Å². The highest BCUT2D eigenvalue weighted by Gasteiger charge is 2.42. The number of rotatable bonds is 2. The maximum Gasteiger partial charge on any atom is 0.338 e. The Labute approximate surface area is 108 Å². The molecule has 1 aromatic rings. The van der Waals surface area contributed by atoms with Gasteiger partial charge in [-0.2, -0.15) is 0 Å². The molecule has 2 rings (SSSR count). The summed E-state index contributed by atoms with van der Waals surface area (Å²) in [5.41, 5.74) is -1.05. The van der Waals surface area contributed by atoms with Gasteiger partial charge in [-0.25, -0.2) is 14.8 Å². The largest absolute Gasteiger partial charge is 0.478 e. The van der Waals surface area contributed by atoms with Crippen LogP contribution in [0.1, 0.15) is 24.2 Å². The molecule has 8 nitrogen and oxygen atoms in total. The van der Waals surface area contributed by atoms with Gasteiger partial charge in [-0.1, -0.05) is 0 Å². The average molecular weight is 264 g/mol. The predicted octanol–water partition coefficient (Wildman–Crippen LogP) is -0.584. The highest BCUT2D eigenvalue weighted by Crippen LogP contribution is 2.22. The molecule has 1 aromatic heterocycles. The molecule has 0 aliphatic carbocycles. The Hall–Kier alpha value is -2.51. The molecule has 0 spiro atoms. The van der Waals surface area contributed by atoms with E-state index in [1.54, 1.807) is 13.8 Å². The van der Waals surface area contributed by atoms with E-state index in [0.29, 0.717) is 0 Å². The van der Waals surface area contributed by atoms with Gasteiger partial charge in [0.15, 0.2) is 0 Å². The van der Waals surface area contributed by atoms with Crippen molar-refractivity contribution in [2.75, 3.05) is 11.4 Å². The van der Waals surface area contributed by atoms with Crippen molar-refractivity contribution in [3.63, 3.8) is 0 Å². The van der Waals surface area contributed by atoms with Crippen molar-refractivity contribution in [1.29, 1.82) is 0 Å². The third kappa shape index (κ3) is 2.24. The van der Waals surface area contributed by atoms with E-state index in [9.17, 15) is 14.4 Å². The molecular formula is C11H12N4O4. The van der Waals surface area contributed by atoms with E-state index < -0.39 is 23.3 Å². The summed E-state index contributed by atoms with van der Waals surface area (Å²) in [6, 6.07) is 0. The van der Waals surface area contributed by atoms with Gasteiger partial charge in [0.1, 0.15) is 12.1 Å². The lowest BCUT2D eigenvalue weighted by Gasteiger charge is -2.39. The Bertz CT molecular complexity index is 552. The molecular weight excluding hydrogens is 252 g/mol. The number of nitrogens with zero attached hydrogens (tertiary/aromatic N) is 3. The van der Waals surface area contributed by atoms with Gasteiger partial charge in [0.05, 0.1) is 5.56 Å². The number of carbonyl (C=O) groups is 3. The van der Waals surface area contributed by atoms with Gasteiger partial charge in [-0.3, -0.25) is 14.9 Å². The van der Waals surface area contributed by atoms with Crippen LogP contribution in [-0.4, -0.2) is 44.9 Å². The third-order valence-electron chi connectivity index (χ3n) is 2.91. The standard InChI is InChI=1S/C11H12N4O4/c1-11(2)9(19)14-7(16)5-15(11)10-12-3-6(4-13-10)8(17)18/h3-4H,5H2,1-2H3,(H,17,18)(H,14,16,19). The molecule has 1 saturated heterocycles. The van der Waals surface area contributed by atoms with Crippen LogP contribution in [-0.2, 0) is 9.59 Å². The van der Waals surface area contributed by atoms with Crippen LogP contribution in [0.2, 0.25) is 0 Å². The van der Waals surface area contributed by atoms with Gasteiger partial charge in [-0.05, 0) is 13.8 Å². The zero-order chi connectivity index (χ0) is 14.2. The number of piperazine rings is 1. The van der Waals surface area contributed by atoms with Crippen molar-refractivity contribution in [3.8, 4) is 0 Å². The van der Waals surface area contributed by atoms with Crippen LogP contribution in [0.15, 0.2) is 12.4 Å². The maximum atomic E-state index is 11.8. The first-order valence-electron chi connectivity index (χ1n) is 5.49. The monoisotopic (exact) mass is 264 g/mol. The highest BCUT2D eigenvalue weighted by atomic mass is 16.4. The van der Waals surface area contributed by atoms with Crippen LogP contribution in [0, 0.1) is 0 Å². The summed E-state index contributed by atoms with van der Waals surface area (Å²) in [6.07, 6.45) is 2.27. The minimum atomic E-state index is -1.14. The molecule has 2 heterocycles. The van der Waals surface area contributed by atoms with Crippen molar-refractivity contribution in [3.05, 3.63) is 18.0 Å². The zero-order valence-electron chi connectivity index (χ0n) is 10.4. The van der Waals surface area contributed by atoms with E-state index in [4.69, 9.17) is 5.11 Å². The van der Waals surface area contributed by atoms with Crippen LogP contribution < -0.4 is 10.2 Å². The fourth-order valence-electron chi connectivity index (χ4n) is 1.67. The molecule has 1 aliphatic heterocycles. The molecule has 2 amide bonds. The Kier molecular flexibility index (Phi) is 2.93. The number of aromatic nitrogens is 2. The first-order valence-corrected chi connectivity index (χ1v) is 5.49. The average Bonchev–Trinajstić information content (AvgIpc) is 2.34. The van der Waals surface area contributed by atoms with Crippen molar-refractivity contribution in [2.24, 2.45) is 0 Å². The fraction of sp³-hybridized carbons (Fsp3) is 0.364. The summed E-state index contributed by atoms with van der Waals surface area (Å²) in [4.78, 5) is 43.1. The van der Waals surface area contributed by atoms with E-state index in [1.165, 1.54) is 4.90 Å². The summed E-state index contributed by atoms with van der Waals surface area (Å²) < 4.78 is 0. The molecule has 1 fully saturated rings. The van der Waals surface area contributed by atoms with Crippen LogP contribution in [0.5, 0.6) is 0 Å². The topological polar surface area (TPSA) is 112 Å². The number of nitrogens with one attached hydrogen (secondary N) is 1. The minimum absolute atomic E-state index is 0.0608. The molecule has 0 saturated carbocycles. The molecule has 2 N–H and O–H groups in total. The Morgan fingerprint density at radius 1 is 1.37 bits per heavy atom. The summed E-state index contributed by atoms with van der Waals surface area (Å²) in [7, 11) is 0. The highest BCUT2D eigenvalue weighted by molar-refractivity contribution is 6.06. The Morgan fingerprint density at radius 2 is 1.95 bits per heavy atom. The molecule has 0 bridgehead atoms. The van der Waals surface area contributed by atoms with Crippen LogP contribution in [0.4, 0.5) is 5.95 Å². The second kappa shape index (κ2) is 4.30. The number of amides is 2. The first kappa shape index (κ1) is 12.9. The summed E-state index contributed by atoms with van der Waals surface area (Å²) in [6.45, 7) is 3.19. The van der Waals surface area contributed by atoms with E-state index in [-0.39, 0.29) is 18.1 Å². The van der Waals surface area contributed by atoms with Crippen molar-refractivity contribution >= 4 is 23.7 Å². The lowest BCUT2D eigenvalue weighted by molar-refractivity contribution is -0.135. The van der Waals surface area contributed by atoms with Gasteiger partial charge in [0.2, 0.25) is 11.9 Å². The summed E-state index contributed by atoms with van der Waals surface area (Å²) in [5.74, 6) is -1.90. The van der Waals surface area contributed by atoms with Crippen LogP contribution in [0.25, 0.3) is 0 Å². The van der Waals surface area contributed by atoms with E-state index in [2.05, 4.69) is 15.3 Å². The Balaban J connectivity index is 2.36. The maximum absolute atomic E-state index is 11.8. The minimum Gasteiger partial charge on any atom is -0.478 e. The molecule has 1 aliphatic rings. The van der Waals surface area contributed by atoms with E-state index >= 15 is 0 Å². The Morgan fingerprint density at radius 3 is 2.47 bits per heavy atom. The molecule has 0 unspecified atom stereocenters. The van der Waals surface area contributed by atoms with E-state index in [0.717, 1.165) is 12.4 Å². The second-order valence-corrected chi connectivity index (χ2v) is 4.60. The van der Waals surface area contributed by atoms with Crippen molar-refractivity contribution < 1.29 is 19.5 Å². The SMILES string of the molecule is CC1(C)C(=O)NC(=O)CN1c1ncc(C(=O)O)cn1. The molecule has 0 radical (unpaired) electrons. The smallest absolute Gasteiger partial charge is 0.338 e. The van der Waals surface area contributed by atoms with Gasteiger partial charge in [0.25, 0.3) is 5.91 Å². The van der Waals surface area contributed by atoms with Gasteiger partial charge in [0, 0.05) is 12.4 Å². The lowest BCUT2D eigenvalue weighted by atomic mass is 9.99. The third-order valence-corrected chi connectivity index (χ3v) is 2.91. The van der Waals surface area contributed by atoms with Gasteiger partial charge >= 0.3 is 5.97 Å². The van der Waals surface area contributed by atoms with Crippen LogP contribution in [0.3, 0.4) is 0 Å². The van der Waals surface area contributed by atoms with Crippen molar-refractivity contribution in [1.82, 2.24) is 15.3 Å². The first-order chi connectivity index (χ1) is 8.82. The second-order valence-electron chi connectivity index (χ2n) is 4.60. The van der Waals surface area contributed by atoms with Crippen molar-refractivity contribution in [2.45, 2.75) is 19.4 Å². The molecule has 19 heavy (non-hydrogen) atoms. The zero-order valence-corrected chi connectivity index (χ0v) is 10.4. The summed E-state index contributed by atoms with van der Waals surface area (Å²) >= 11 is 0. The number of carbonyl (C=O) groups excluding carboxylic acids is 2.